The van der Waals surface area contributed by atoms with Gasteiger partial charge in [-0.3, -0.25) is 9.59 Å². The van der Waals surface area contributed by atoms with Crippen LogP contribution in [0.2, 0.25) is 0 Å². The van der Waals surface area contributed by atoms with Crippen LogP contribution in [0.25, 0.3) is 0 Å². The molecule has 0 fully saturated rings. The van der Waals surface area contributed by atoms with E-state index in [1.807, 2.05) is 12.1 Å². The number of nitrogens with one attached hydrogen (secondary N) is 1. The summed E-state index contributed by atoms with van der Waals surface area (Å²) in [5, 5.41) is 11.1. The molecule has 1 heterocycles. The zero-order valence-electron chi connectivity index (χ0n) is 14.7. The Morgan fingerprint density at radius 1 is 1.22 bits per heavy atom. The van der Waals surface area contributed by atoms with Gasteiger partial charge in [0.05, 0.1) is 5.56 Å². The number of amides is 1. The molecule has 0 aliphatic carbocycles. The van der Waals surface area contributed by atoms with Crippen LogP contribution in [0.4, 0.5) is 0 Å². The van der Waals surface area contributed by atoms with Gasteiger partial charge in [0, 0.05) is 6.42 Å². The Bertz CT molecular complexity index is 861. The first kappa shape index (κ1) is 18.4. The highest BCUT2D eigenvalue weighted by Gasteiger charge is 2.27. The number of carboxylic acid groups (broad SMARTS) is 1. The van der Waals surface area contributed by atoms with Gasteiger partial charge in [0.15, 0.2) is 6.61 Å². The summed E-state index contributed by atoms with van der Waals surface area (Å²) in [4.78, 5) is 34.5. The number of ether oxygens (including phenoxy) is 2. The maximum absolute atomic E-state index is 12.1. The Balaban J connectivity index is 1.59. The average molecular weight is 369 g/mol. The molecule has 7 heteroatoms. The lowest BCUT2D eigenvalue weighted by Gasteiger charge is -2.25. The fourth-order valence-corrected chi connectivity index (χ4v) is 2.79. The minimum atomic E-state index is -1.11. The van der Waals surface area contributed by atoms with Gasteiger partial charge in [0.25, 0.3) is 5.91 Å². The van der Waals surface area contributed by atoms with Gasteiger partial charge < -0.3 is 19.9 Å². The molecule has 2 N–H and O–H groups in total. The SMILES string of the molecule is C[C@H](NC(=O)COc1ccc([C@H]2Cc3ccccc3C(=O)O2)cc1)C(=O)O. The number of benzene rings is 2. The number of hydrogen-bond donors (Lipinski definition) is 2. The molecule has 0 unspecified atom stereocenters. The Kier molecular flexibility index (Phi) is 5.40. The van der Waals surface area contributed by atoms with E-state index in [1.54, 1.807) is 36.4 Å². The van der Waals surface area contributed by atoms with Gasteiger partial charge in [-0.1, -0.05) is 30.3 Å². The Morgan fingerprint density at radius 3 is 2.63 bits per heavy atom. The number of fused-ring (bicyclic) bond motifs is 1. The molecular weight excluding hydrogens is 350 g/mol. The van der Waals surface area contributed by atoms with Crippen LogP contribution in [0.3, 0.4) is 0 Å². The van der Waals surface area contributed by atoms with Crippen molar-refractivity contribution in [2.24, 2.45) is 0 Å². The topological polar surface area (TPSA) is 102 Å². The molecule has 0 saturated heterocycles. The van der Waals surface area contributed by atoms with Crippen LogP contribution in [0.15, 0.2) is 48.5 Å². The molecule has 2 atom stereocenters. The summed E-state index contributed by atoms with van der Waals surface area (Å²) in [6.45, 7) is 1.08. The first-order chi connectivity index (χ1) is 12.9. The minimum absolute atomic E-state index is 0.289. The largest absolute Gasteiger partial charge is 0.484 e. The van der Waals surface area contributed by atoms with Gasteiger partial charge in [0.1, 0.15) is 17.9 Å². The smallest absolute Gasteiger partial charge is 0.339 e. The van der Waals surface area contributed by atoms with Crippen LogP contribution in [-0.2, 0) is 20.7 Å². The van der Waals surface area contributed by atoms with Gasteiger partial charge in [-0.25, -0.2) is 4.79 Å². The number of aliphatic carboxylic acids is 1. The second kappa shape index (κ2) is 7.90. The van der Waals surface area contributed by atoms with Crippen molar-refractivity contribution in [1.29, 1.82) is 0 Å². The van der Waals surface area contributed by atoms with Gasteiger partial charge in [-0.2, -0.15) is 0 Å². The first-order valence-corrected chi connectivity index (χ1v) is 8.48. The van der Waals surface area contributed by atoms with E-state index in [4.69, 9.17) is 14.6 Å². The summed E-state index contributed by atoms with van der Waals surface area (Å²) in [7, 11) is 0. The number of carbonyl (C=O) groups is 3. The predicted octanol–water partition coefficient (Wildman–Crippen LogP) is 2.11. The summed E-state index contributed by atoms with van der Waals surface area (Å²) < 4.78 is 10.9. The second-order valence-corrected chi connectivity index (χ2v) is 6.24. The van der Waals surface area contributed by atoms with E-state index in [1.165, 1.54) is 6.92 Å². The van der Waals surface area contributed by atoms with Gasteiger partial charge >= 0.3 is 11.9 Å². The summed E-state index contributed by atoms with van der Waals surface area (Å²) in [5.41, 5.74) is 2.37. The zero-order valence-corrected chi connectivity index (χ0v) is 14.7. The molecule has 1 aliphatic rings. The third-order valence-corrected chi connectivity index (χ3v) is 4.26. The van der Waals surface area contributed by atoms with Crippen molar-refractivity contribution in [3.63, 3.8) is 0 Å². The molecule has 3 rings (SSSR count). The molecule has 1 aliphatic heterocycles. The molecule has 27 heavy (non-hydrogen) atoms. The summed E-state index contributed by atoms with van der Waals surface area (Å²) in [6, 6.07) is 13.3. The summed E-state index contributed by atoms with van der Waals surface area (Å²) >= 11 is 0. The van der Waals surface area contributed by atoms with Gasteiger partial charge in [-0.15, -0.1) is 0 Å². The van der Waals surface area contributed by atoms with E-state index in [0.29, 0.717) is 17.7 Å². The van der Waals surface area contributed by atoms with Crippen molar-refractivity contribution in [2.75, 3.05) is 6.61 Å². The first-order valence-electron chi connectivity index (χ1n) is 8.48. The fraction of sp³-hybridized carbons (Fsp3) is 0.250. The minimum Gasteiger partial charge on any atom is -0.484 e. The monoisotopic (exact) mass is 369 g/mol. The van der Waals surface area contributed by atoms with Gasteiger partial charge in [-0.05, 0) is 36.2 Å². The molecule has 0 spiro atoms. The molecular formula is C20H19NO6. The van der Waals surface area contributed by atoms with E-state index in [0.717, 1.165) is 11.1 Å². The quantitative estimate of drug-likeness (QED) is 0.756. The number of cyclic esters (lactones) is 1. The van der Waals surface area contributed by atoms with Crippen molar-refractivity contribution < 1.29 is 29.0 Å². The molecule has 2 aromatic carbocycles. The molecule has 0 saturated carbocycles. The van der Waals surface area contributed by atoms with Crippen LogP contribution in [0, 0.1) is 0 Å². The lowest BCUT2D eigenvalue weighted by Crippen LogP contribution is -2.40. The third kappa shape index (κ3) is 4.44. The fourth-order valence-electron chi connectivity index (χ4n) is 2.79. The summed E-state index contributed by atoms with van der Waals surface area (Å²) in [6.07, 6.45) is 0.221. The van der Waals surface area contributed by atoms with Crippen LogP contribution < -0.4 is 10.1 Å². The van der Waals surface area contributed by atoms with Crippen LogP contribution in [-0.4, -0.2) is 35.6 Å². The van der Waals surface area contributed by atoms with E-state index in [9.17, 15) is 14.4 Å². The number of rotatable bonds is 6. The van der Waals surface area contributed by atoms with Gasteiger partial charge in [0.2, 0.25) is 0 Å². The Morgan fingerprint density at radius 2 is 1.93 bits per heavy atom. The average Bonchev–Trinajstić information content (AvgIpc) is 2.66. The standard InChI is InChI=1S/C20H19NO6/c1-12(19(23)24)21-18(22)11-26-15-8-6-13(7-9-15)17-10-14-4-2-3-5-16(14)20(25)27-17/h2-9,12,17H,10-11H2,1H3,(H,21,22)(H,23,24)/t12-,17+/m0/s1. The molecule has 2 aromatic rings. The number of carboxylic acids is 1. The van der Waals surface area contributed by atoms with Crippen molar-refractivity contribution >= 4 is 17.8 Å². The van der Waals surface area contributed by atoms with Crippen LogP contribution in [0.5, 0.6) is 5.75 Å². The molecule has 0 bridgehead atoms. The highest BCUT2D eigenvalue weighted by atomic mass is 16.5. The Labute approximate surface area is 155 Å². The molecule has 7 nitrogen and oxygen atoms in total. The molecule has 0 aromatic heterocycles. The maximum atomic E-state index is 12.1. The van der Waals surface area contributed by atoms with Crippen molar-refractivity contribution in [3.05, 3.63) is 65.2 Å². The lowest BCUT2D eigenvalue weighted by atomic mass is 9.95. The van der Waals surface area contributed by atoms with E-state index < -0.39 is 17.9 Å². The highest BCUT2D eigenvalue weighted by Crippen LogP contribution is 2.31. The van der Waals surface area contributed by atoms with Crippen LogP contribution >= 0.6 is 0 Å². The van der Waals surface area contributed by atoms with E-state index in [-0.39, 0.29) is 18.7 Å². The second-order valence-electron chi connectivity index (χ2n) is 6.24. The molecule has 140 valence electrons. The lowest BCUT2D eigenvalue weighted by molar-refractivity contribution is -0.141. The van der Waals surface area contributed by atoms with Crippen LogP contribution in [0.1, 0.15) is 34.5 Å². The third-order valence-electron chi connectivity index (χ3n) is 4.26. The zero-order chi connectivity index (χ0) is 19.4. The molecule has 1 amide bonds. The van der Waals surface area contributed by atoms with E-state index >= 15 is 0 Å². The van der Waals surface area contributed by atoms with Crippen molar-refractivity contribution in [1.82, 2.24) is 5.32 Å². The Hall–Kier alpha value is -3.35. The van der Waals surface area contributed by atoms with Crippen molar-refractivity contribution in [2.45, 2.75) is 25.5 Å². The number of esters is 1. The summed E-state index contributed by atoms with van der Waals surface area (Å²) in [5.74, 6) is -1.52. The normalized spacial score (nSPS) is 16.6. The molecule has 0 radical (unpaired) electrons. The number of hydrogen-bond acceptors (Lipinski definition) is 5. The highest BCUT2D eigenvalue weighted by molar-refractivity contribution is 5.92. The van der Waals surface area contributed by atoms with Crippen molar-refractivity contribution in [3.8, 4) is 5.75 Å². The maximum Gasteiger partial charge on any atom is 0.339 e. The van der Waals surface area contributed by atoms with E-state index in [2.05, 4.69) is 5.32 Å². The number of carbonyl (C=O) groups excluding carboxylic acids is 2. The predicted molar refractivity (Wildman–Crippen MR) is 95.5 cm³/mol.